The minimum absolute atomic E-state index is 0.0742. The number of sulfonamides is 1. The molecule has 0 unspecified atom stereocenters. The minimum Gasteiger partial charge on any atom is -0.493 e. The van der Waals surface area contributed by atoms with E-state index >= 15 is 0 Å². The highest BCUT2D eigenvalue weighted by atomic mass is 32.2. The van der Waals surface area contributed by atoms with E-state index in [-0.39, 0.29) is 22.2 Å². The van der Waals surface area contributed by atoms with Gasteiger partial charge in [0.15, 0.2) is 5.69 Å². The Morgan fingerprint density at radius 3 is 2.55 bits per heavy atom. The summed E-state index contributed by atoms with van der Waals surface area (Å²) in [6, 6.07) is 15.3. The second kappa shape index (κ2) is 8.71. The summed E-state index contributed by atoms with van der Waals surface area (Å²) in [4.78, 5) is 14.3. The molecule has 0 saturated heterocycles. The Hall–Kier alpha value is -4.25. The number of anilines is 1. The van der Waals surface area contributed by atoms with Gasteiger partial charge >= 0.3 is 5.97 Å². The topological polar surface area (TPSA) is 133 Å². The molecule has 33 heavy (non-hydrogen) atoms. The van der Waals surface area contributed by atoms with E-state index in [0.717, 1.165) is 12.1 Å². The average molecular weight is 468 g/mol. The van der Waals surface area contributed by atoms with Gasteiger partial charge in [0.1, 0.15) is 5.82 Å². The molecule has 0 amide bonds. The number of hydrogen-bond acceptors (Lipinski definition) is 7. The standard InChI is InChI=1S/C22H17FN4O5S/c1-32-22(29)13-3-2-4-16(11-13)25-26-20-18-10-9-17(12-19(18)24-21(20)28)33(30,31)27-15-7-5-14(23)6-8-15/h2-12,24,27-28H,1H3. The van der Waals surface area contributed by atoms with Crippen LogP contribution in [-0.4, -0.2) is 31.6 Å². The first kappa shape index (κ1) is 22.0. The Bertz CT molecular complexity index is 1480. The number of halogens is 1. The summed E-state index contributed by atoms with van der Waals surface area (Å²) in [5, 5.41) is 18.8. The van der Waals surface area contributed by atoms with Gasteiger partial charge in [-0.3, -0.25) is 4.72 Å². The highest BCUT2D eigenvalue weighted by Gasteiger charge is 2.18. The highest BCUT2D eigenvalue weighted by molar-refractivity contribution is 7.92. The lowest BCUT2D eigenvalue weighted by Gasteiger charge is -2.08. The van der Waals surface area contributed by atoms with Crippen LogP contribution in [0.5, 0.6) is 5.88 Å². The van der Waals surface area contributed by atoms with Gasteiger partial charge < -0.3 is 14.8 Å². The molecular weight excluding hydrogens is 451 g/mol. The van der Waals surface area contributed by atoms with Gasteiger partial charge in [-0.25, -0.2) is 17.6 Å². The zero-order valence-corrected chi connectivity index (χ0v) is 17.9. The molecule has 0 atom stereocenters. The number of azo groups is 1. The van der Waals surface area contributed by atoms with Crippen molar-refractivity contribution in [3.8, 4) is 5.88 Å². The van der Waals surface area contributed by atoms with Crippen LogP contribution in [0, 0.1) is 5.82 Å². The maximum absolute atomic E-state index is 13.1. The highest BCUT2D eigenvalue weighted by Crippen LogP contribution is 2.37. The minimum atomic E-state index is -3.96. The number of fused-ring (bicyclic) bond motifs is 1. The van der Waals surface area contributed by atoms with Crippen molar-refractivity contribution in [2.24, 2.45) is 10.2 Å². The van der Waals surface area contributed by atoms with E-state index < -0.39 is 21.8 Å². The second-order valence-corrected chi connectivity index (χ2v) is 8.57. The van der Waals surface area contributed by atoms with Gasteiger partial charge in [0, 0.05) is 11.1 Å². The van der Waals surface area contributed by atoms with Crippen LogP contribution < -0.4 is 4.72 Å². The molecule has 11 heteroatoms. The Labute approximate surface area is 187 Å². The molecule has 0 radical (unpaired) electrons. The number of nitrogens with zero attached hydrogens (tertiary/aromatic N) is 2. The molecule has 0 fully saturated rings. The number of ether oxygens (including phenoxy) is 1. The third-order valence-electron chi connectivity index (χ3n) is 4.66. The summed E-state index contributed by atoms with van der Waals surface area (Å²) in [7, 11) is -2.70. The van der Waals surface area contributed by atoms with Crippen molar-refractivity contribution in [3.63, 3.8) is 0 Å². The molecule has 1 aromatic heterocycles. The molecule has 0 aliphatic carbocycles. The maximum atomic E-state index is 13.1. The third-order valence-corrected chi connectivity index (χ3v) is 6.04. The first-order valence-electron chi connectivity index (χ1n) is 9.50. The number of H-pyrrole nitrogens is 1. The summed E-state index contributed by atoms with van der Waals surface area (Å²) in [6.07, 6.45) is 0. The fourth-order valence-corrected chi connectivity index (χ4v) is 4.15. The van der Waals surface area contributed by atoms with Crippen LogP contribution in [0.3, 0.4) is 0 Å². The number of nitrogens with one attached hydrogen (secondary N) is 2. The van der Waals surface area contributed by atoms with Crippen molar-refractivity contribution in [2.45, 2.75) is 4.90 Å². The number of benzene rings is 3. The fourth-order valence-electron chi connectivity index (χ4n) is 3.07. The van der Waals surface area contributed by atoms with Crippen LogP contribution in [0.1, 0.15) is 10.4 Å². The maximum Gasteiger partial charge on any atom is 0.337 e. The van der Waals surface area contributed by atoms with Gasteiger partial charge in [0.25, 0.3) is 10.0 Å². The lowest BCUT2D eigenvalue weighted by atomic mass is 10.2. The van der Waals surface area contributed by atoms with Crippen molar-refractivity contribution >= 4 is 44.0 Å². The molecule has 168 valence electrons. The summed E-state index contributed by atoms with van der Waals surface area (Å²) < 4.78 is 45.5. The van der Waals surface area contributed by atoms with Crippen LogP contribution in [0.15, 0.2) is 81.9 Å². The number of aromatic amines is 1. The number of esters is 1. The SMILES string of the molecule is COC(=O)c1cccc(N=Nc2c(O)[nH]c3cc(S(=O)(=O)Nc4ccc(F)cc4)ccc23)c1. The number of aromatic hydroxyl groups is 1. The smallest absolute Gasteiger partial charge is 0.337 e. The second-order valence-electron chi connectivity index (χ2n) is 6.88. The zero-order valence-electron chi connectivity index (χ0n) is 17.1. The van der Waals surface area contributed by atoms with Gasteiger partial charge in [-0.15, -0.1) is 5.11 Å². The predicted molar refractivity (Wildman–Crippen MR) is 119 cm³/mol. The lowest BCUT2D eigenvalue weighted by Crippen LogP contribution is -2.12. The molecular formula is C22H17FN4O5S. The largest absolute Gasteiger partial charge is 0.493 e. The van der Waals surface area contributed by atoms with E-state index in [9.17, 15) is 22.7 Å². The van der Waals surface area contributed by atoms with E-state index in [1.807, 2.05) is 0 Å². The molecule has 3 N–H and O–H groups in total. The molecule has 0 bridgehead atoms. The van der Waals surface area contributed by atoms with Crippen LogP contribution in [0.4, 0.5) is 21.5 Å². The summed E-state index contributed by atoms with van der Waals surface area (Å²) >= 11 is 0. The molecule has 0 saturated carbocycles. The first-order chi connectivity index (χ1) is 15.8. The Kier molecular flexibility index (Phi) is 5.80. The summed E-state index contributed by atoms with van der Waals surface area (Å²) in [5.74, 6) is -1.32. The molecule has 0 spiro atoms. The van der Waals surface area contributed by atoms with Crippen LogP contribution in [-0.2, 0) is 14.8 Å². The average Bonchev–Trinajstić information content (AvgIpc) is 3.12. The monoisotopic (exact) mass is 468 g/mol. The van der Waals surface area contributed by atoms with Crippen LogP contribution >= 0.6 is 0 Å². The predicted octanol–water partition coefficient (Wildman–Crippen LogP) is 5.02. The van der Waals surface area contributed by atoms with Crippen LogP contribution in [0.25, 0.3) is 10.9 Å². The number of hydrogen-bond donors (Lipinski definition) is 3. The molecule has 4 rings (SSSR count). The zero-order chi connectivity index (χ0) is 23.6. The molecule has 3 aromatic carbocycles. The molecule has 9 nitrogen and oxygen atoms in total. The van der Waals surface area contributed by atoms with Crippen molar-refractivity contribution < 1.29 is 27.4 Å². The van der Waals surface area contributed by atoms with E-state index in [4.69, 9.17) is 0 Å². The molecule has 1 heterocycles. The van der Waals surface area contributed by atoms with Crippen LogP contribution in [0.2, 0.25) is 0 Å². The number of carbonyl (C=O) groups excluding carboxylic acids is 1. The van der Waals surface area contributed by atoms with E-state index in [1.54, 1.807) is 18.2 Å². The van der Waals surface area contributed by atoms with Crippen molar-refractivity contribution in [1.82, 2.24) is 4.98 Å². The Balaban J connectivity index is 1.63. The molecule has 4 aromatic rings. The Morgan fingerprint density at radius 1 is 1.06 bits per heavy atom. The molecule has 0 aliphatic heterocycles. The number of rotatable bonds is 6. The first-order valence-corrected chi connectivity index (χ1v) is 11.0. The summed E-state index contributed by atoms with van der Waals surface area (Å²) in [5.41, 5.74) is 1.26. The number of methoxy groups -OCH3 is 1. The third kappa shape index (κ3) is 4.67. The Morgan fingerprint density at radius 2 is 1.82 bits per heavy atom. The normalized spacial score (nSPS) is 11.7. The van der Waals surface area contributed by atoms with Crippen molar-refractivity contribution in [2.75, 3.05) is 11.8 Å². The lowest BCUT2D eigenvalue weighted by molar-refractivity contribution is 0.0600. The quantitative estimate of drug-likeness (QED) is 0.270. The fraction of sp³-hybridized carbons (Fsp3) is 0.0455. The number of aromatic nitrogens is 1. The van der Waals surface area contributed by atoms with Gasteiger partial charge in [0.05, 0.1) is 28.8 Å². The molecule has 0 aliphatic rings. The van der Waals surface area contributed by atoms with Gasteiger partial charge in [-0.2, -0.15) is 5.11 Å². The van der Waals surface area contributed by atoms with Gasteiger partial charge in [0.2, 0.25) is 5.88 Å². The van der Waals surface area contributed by atoms with E-state index in [0.29, 0.717) is 22.2 Å². The number of carbonyl (C=O) groups is 1. The van der Waals surface area contributed by atoms with Crippen molar-refractivity contribution in [1.29, 1.82) is 0 Å². The van der Waals surface area contributed by atoms with E-state index in [2.05, 4.69) is 24.7 Å². The van der Waals surface area contributed by atoms with Gasteiger partial charge in [-0.05, 0) is 60.7 Å². The summed E-state index contributed by atoms with van der Waals surface area (Å²) in [6.45, 7) is 0. The van der Waals surface area contributed by atoms with E-state index in [1.165, 1.54) is 43.5 Å². The van der Waals surface area contributed by atoms with Gasteiger partial charge in [-0.1, -0.05) is 6.07 Å². The van der Waals surface area contributed by atoms with Crippen molar-refractivity contribution in [3.05, 3.63) is 78.1 Å².